The van der Waals surface area contributed by atoms with E-state index in [0.717, 1.165) is 10.4 Å². The third-order valence-corrected chi connectivity index (χ3v) is 6.56. The fourth-order valence-corrected chi connectivity index (χ4v) is 4.63. The lowest BCUT2D eigenvalue weighted by molar-refractivity contribution is -0.136. The van der Waals surface area contributed by atoms with Crippen LogP contribution < -0.4 is 16.2 Å². The van der Waals surface area contributed by atoms with Crippen LogP contribution in [0.1, 0.15) is 23.3 Å². The fourth-order valence-electron chi connectivity index (χ4n) is 3.65. The van der Waals surface area contributed by atoms with Crippen LogP contribution in [-0.4, -0.2) is 50.9 Å². The number of urea groups is 1. The molecule has 0 aliphatic carbocycles. The van der Waals surface area contributed by atoms with Crippen LogP contribution in [-0.2, 0) is 16.1 Å². The molecule has 27 heavy (non-hydrogen) atoms. The van der Waals surface area contributed by atoms with Crippen LogP contribution in [0.5, 0.6) is 0 Å². The maximum atomic E-state index is 12.7. The predicted molar refractivity (Wildman–Crippen MR) is 98.6 cm³/mol. The van der Waals surface area contributed by atoms with E-state index in [4.69, 9.17) is 0 Å². The van der Waals surface area contributed by atoms with Crippen molar-refractivity contribution in [2.45, 2.75) is 38.8 Å². The third-order valence-electron chi connectivity index (χ3n) is 5.45. The molecule has 4 amide bonds. The van der Waals surface area contributed by atoms with Gasteiger partial charge in [-0.2, -0.15) is 0 Å². The van der Waals surface area contributed by atoms with Crippen molar-refractivity contribution in [3.63, 3.8) is 0 Å². The van der Waals surface area contributed by atoms with Crippen LogP contribution in [0.2, 0.25) is 0 Å². The van der Waals surface area contributed by atoms with Gasteiger partial charge in [-0.15, -0.1) is 11.3 Å². The van der Waals surface area contributed by atoms with Crippen LogP contribution in [0.3, 0.4) is 0 Å². The van der Waals surface area contributed by atoms with Crippen molar-refractivity contribution >= 4 is 39.4 Å². The van der Waals surface area contributed by atoms with Crippen LogP contribution in [0.4, 0.5) is 4.79 Å². The monoisotopic (exact) mass is 389 g/mol. The largest absolute Gasteiger partial charge is 0.341 e. The van der Waals surface area contributed by atoms with Gasteiger partial charge in [0, 0.05) is 18.0 Å². The van der Waals surface area contributed by atoms with Gasteiger partial charge in [0.05, 0.1) is 11.7 Å². The van der Waals surface area contributed by atoms with Crippen LogP contribution in [0.15, 0.2) is 11.1 Å². The highest BCUT2D eigenvalue weighted by Crippen LogP contribution is 2.26. The Morgan fingerprint density at radius 3 is 2.59 bits per heavy atom. The summed E-state index contributed by atoms with van der Waals surface area (Å²) in [4.78, 5) is 56.4. The zero-order chi connectivity index (χ0) is 19.3. The first kappa shape index (κ1) is 17.7. The van der Waals surface area contributed by atoms with E-state index >= 15 is 0 Å². The summed E-state index contributed by atoms with van der Waals surface area (Å²) in [6.07, 6.45) is 2.12. The molecule has 2 aliphatic rings. The predicted octanol–water partition coefficient (Wildman–Crippen LogP) is 0.275. The highest BCUT2D eigenvalue weighted by atomic mass is 32.1. The molecule has 1 spiro atoms. The molecule has 9 nitrogen and oxygen atoms in total. The minimum absolute atomic E-state index is 0.0956. The van der Waals surface area contributed by atoms with Gasteiger partial charge in [-0.3, -0.25) is 24.3 Å². The quantitative estimate of drug-likeness (QED) is 0.716. The number of piperidine rings is 1. The maximum Gasteiger partial charge on any atom is 0.322 e. The van der Waals surface area contributed by atoms with Gasteiger partial charge in [0.2, 0.25) is 5.91 Å². The van der Waals surface area contributed by atoms with Crippen molar-refractivity contribution in [1.29, 1.82) is 0 Å². The Morgan fingerprint density at radius 1 is 1.26 bits per heavy atom. The number of imide groups is 1. The number of amides is 4. The molecule has 2 saturated heterocycles. The summed E-state index contributed by atoms with van der Waals surface area (Å²) in [6.45, 7) is 4.41. The average molecular weight is 389 g/mol. The Balaban J connectivity index is 1.49. The lowest BCUT2D eigenvalue weighted by Crippen LogP contribution is -2.56. The van der Waals surface area contributed by atoms with E-state index in [1.807, 2.05) is 13.8 Å². The second kappa shape index (κ2) is 6.15. The topological polar surface area (TPSA) is 113 Å². The SMILES string of the molecule is Cc1sc2ncn(CC(=O)N3CCC4(CC3)NC(=O)NC4=O)c(=O)c2c1C. The van der Waals surface area contributed by atoms with Gasteiger partial charge >= 0.3 is 6.03 Å². The first-order valence-electron chi connectivity index (χ1n) is 8.67. The van der Waals surface area contributed by atoms with Gasteiger partial charge in [-0.05, 0) is 32.3 Å². The standard InChI is InChI=1S/C17H19N5O4S/c1-9-10(2)27-13-12(9)14(24)22(8-18-13)7-11(23)21-5-3-17(4-6-21)15(25)19-16(26)20-17/h8H,3-7H2,1-2H3,(H2,19,20,25,26). The van der Waals surface area contributed by atoms with E-state index in [1.54, 1.807) is 4.90 Å². The van der Waals surface area contributed by atoms with Gasteiger partial charge in [-0.25, -0.2) is 9.78 Å². The summed E-state index contributed by atoms with van der Waals surface area (Å²) in [5.74, 6) is -0.545. The Morgan fingerprint density at radius 2 is 1.96 bits per heavy atom. The number of thiophene rings is 1. The number of fused-ring (bicyclic) bond motifs is 1. The second-order valence-electron chi connectivity index (χ2n) is 7.01. The number of aryl methyl sites for hydroxylation is 2. The minimum atomic E-state index is -0.920. The molecular formula is C17H19N5O4S. The molecule has 0 aromatic carbocycles. The van der Waals surface area contributed by atoms with Gasteiger partial charge in [0.15, 0.2) is 0 Å². The maximum absolute atomic E-state index is 12.7. The summed E-state index contributed by atoms with van der Waals surface area (Å²) in [5.41, 5.74) is -0.237. The van der Waals surface area contributed by atoms with E-state index < -0.39 is 11.6 Å². The molecule has 2 N–H and O–H groups in total. The second-order valence-corrected chi connectivity index (χ2v) is 8.22. The first-order valence-corrected chi connectivity index (χ1v) is 9.49. The van der Waals surface area contributed by atoms with Gasteiger partial charge in [-0.1, -0.05) is 0 Å². The number of hydrogen-bond acceptors (Lipinski definition) is 6. The summed E-state index contributed by atoms with van der Waals surface area (Å²) in [7, 11) is 0. The molecule has 4 heterocycles. The molecule has 0 bridgehead atoms. The summed E-state index contributed by atoms with van der Waals surface area (Å²) < 4.78 is 1.33. The number of hydrogen-bond donors (Lipinski definition) is 2. The lowest BCUT2D eigenvalue weighted by atomic mass is 9.88. The van der Waals surface area contributed by atoms with E-state index in [1.165, 1.54) is 22.2 Å². The van der Waals surface area contributed by atoms with Crippen LogP contribution in [0.25, 0.3) is 10.2 Å². The number of likely N-dealkylation sites (tertiary alicyclic amines) is 1. The summed E-state index contributed by atoms with van der Waals surface area (Å²) in [6, 6.07) is -0.493. The molecule has 4 rings (SSSR count). The van der Waals surface area contributed by atoms with E-state index in [9.17, 15) is 19.2 Å². The normalized spacial score (nSPS) is 18.8. The third kappa shape index (κ3) is 2.80. The van der Waals surface area contributed by atoms with Crippen molar-refractivity contribution < 1.29 is 14.4 Å². The fraction of sp³-hybridized carbons (Fsp3) is 0.471. The molecule has 2 fully saturated rings. The number of nitrogens with one attached hydrogen (secondary N) is 2. The number of nitrogens with zero attached hydrogens (tertiary/aromatic N) is 3. The van der Waals surface area contributed by atoms with Crippen molar-refractivity contribution in [3.8, 4) is 0 Å². The van der Waals surface area contributed by atoms with Crippen molar-refractivity contribution in [2.24, 2.45) is 0 Å². The van der Waals surface area contributed by atoms with Crippen molar-refractivity contribution in [3.05, 3.63) is 27.1 Å². The smallest absolute Gasteiger partial charge is 0.322 e. The number of aromatic nitrogens is 2. The van der Waals surface area contributed by atoms with Gasteiger partial charge in [0.25, 0.3) is 11.5 Å². The van der Waals surface area contributed by atoms with E-state index in [2.05, 4.69) is 15.6 Å². The molecule has 2 aromatic heterocycles. The number of carbonyl (C=O) groups is 3. The highest BCUT2D eigenvalue weighted by Gasteiger charge is 2.48. The Hall–Kier alpha value is -2.75. The molecule has 2 aliphatic heterocycles. The Bertz CT molecular complexity index is 1030. The Kier molecular flexibility index (Phi) is 4.02. The van der Waals surface area contributed by atoms with E-state index in [0.29, 0.717) is 36.1 Å². The first-order chi connectivity index (χ1) is 12.8. The van der Waals surface area contributed by atoms with E-state index in [-0.39, 0.29) is 23.9 Å². The highest BCUT2D eigenvalue weighted by molar-refractivity contribution is 7.18. The summed E-state index contributed by atoms with van der Waals surface area (Å²) >= 11 is 1.47. The minimum Gasteiger partial charge on any atom is -0.341 e. The van der Waals surface area contributed by atoms with Crippen molar-refractivity contribution in [2.75, 3.05) is 13.1 Å². The zero-order valence-electron chi connectivity index (χ0n) is 15.0. The molecule has 0 unspecified atom stereocenters. The van der Waals surface area contributed by atoms with Gasteiger partial charge in [0.1, 0.15) is 16.9 Å². The lowest BCUT2D eigenvalue weighted by Gasteiger charge is -2.37. The molecule has 0 radical (unpaired) electrons. The molecular weight excluding hydrogens is 370 g/mol. The molecule has 10 heteroatoms. The van der Waals surface area contributed by atoms with Crippen LogP contribution in [0, 0.1) is 13.8 Å². The number of rotatable bonds is 2. The zero-order valence-corrected chi connectivity index (χ0v) is 15.8. The van der Waals surface area contributed by atoms with Crippen molar-refractivity contribution in [1.82, 2.24) is 25.1 Å². The summed E-state index contributed by atoms with van der Waals surface area (Å²) in [5, 5.41) is 5.48. The molecule has 142 valence electrons. The molecule has 2 aromatic rings. The Labute approximate surface area is 158 Å². The van der Waals surface area contributed by atoms with Crippen LogP contribution >= 0.6 is 11.3 Å². The van der Waals surface area contributed by atoms with Gasteiger partial charge < -0.3 is 10.2 Å². The molecule has 0 saturated carbocycles. The molecule has 0 atom stereocenters. The number of carbonyl (C=O) groups excluding carboxylic acids is 3. The average Bonchev–Trinajstić information content (AvgIpc) is 3.07.